The first-order valence-electron chi connectivity index (χ1n) is 7.08. The molecule has 1 aromatic heterocycles. The van der Waals surface area contributed by atoms with Gasteiger partial charge in [-0.05, 0) is 37.6 Å². The van der Waals surface area contributed by atoms with Crippen LogP contribution in [-0.4, -0.2) is 35.1 Å². The van der Waals surface area contributed by atoms with Gasteiger partial charge in [0, 0.05) is 23.1 Å². The summed E-state index contributed by atoms with van der Waals surface area (Å²) >= 11 is 0. The fraction of sp³-hybridized carbons (Fsp3) is 0.375. The molecule has 0 bridgehead atoms. The smallest absolute Gasteiger partial charge is 0.308 e. The molecule has 2 aromatic rings. The normalized spacial score (nSPS) is 13.6. The number of aliphatic carboxylic acids is 1. The summed E-state index contributed by atoms with van der Waals surface area (Å²) in [6, 6.07) is 5.19. The summed E-state index contributed by atoms with van der Waals surface area (Å²) in [7, 11) is 1.59. The summed E-state index contributed by atoms with van der Waals surface area (Å²) in [5, 5.41) is 12.6. The van der Waals surface area contributed by atoms with Crippen molar-refractivity contribution in [1.29, 1.82) is 0 Å². The number of aromatic nitrogens is 1. The summed E-state index contributed by atoms with van der Waals surface area (Å²) < 4.78 is 5.19. The molecule has 3 N–H and O–H groups in total. The molecule has 0 spiro atoms. The molecule has 2 atom stereocenters. The lowest BCUT2D eigenvalue weighted by Gasteiger charge is -2.17. The van der Waals surface area contributed by atoms with Crippen molar-refractivity contribution in [3.63, 3.8) is 0 Å². The van der Waals surface area contributed by atoms with Crippen molar-refractivity contribution in [2.45, 2.75) is 26.3 Å². The molecular weight excluding hydrogens is 284 g/mol. The van der Waals surface area contributed by atoms with Crippen molar-refractivity contribution in [3.8, 4) is 5.75 Å². The van der Waals surface area contributed by atoms with E-state index in [1.165, 1.54) is 0 Å². The number of nitrogens with one attached hydrogen (secondary N) is 2. The average molecular weight is 304 g/mol. The van der Waals surface area contributed by atoms with Crippen LogP contribution in [0.25, 0.3) is 10.9 Å². The van der Waals surface area contributed by atoms with Crippen LogP contribution in [0.4, 0.5) is 0 Å². The molecule has 0 fully saturated rings. The minimum Gasteiger partial charge on any atom is -0.497 e. The zero-order chi connectivity index (χ0) is 16.3. The van der Waals surface area contributed by atoms with E-state index in [2.05, 4.69) is 10.3 Å². The number of hydrogen-bond acceptors (Lipinski definition) is 3. The molecule has 6 nitrogen and oxygen atoms in total. The van der Waals surface area contributed by atoms with E-state index in [9.17, 15) is 9.59 Å². The van der Waals surface area contributed by atoms with Crippen molar-refractivity contribution in [3.05, 3.63) is 30.0 Å². The molecule has 1 aromatic carbocycles. The van der Waals surface area contributed by atoms with Gasteiger partial charge < -0.3 is 20.1 Å². The molecule has 1 amide bonds. The van der Waals surface area contributed by atoms with Crippen LogP contribution in [0.5, 0.6) is 5.75 Å². The second-order valence-corrected chi connectivity index (χ2v) is 5.39. The summed E-state index contributed by atoms with van der Waals surface area (Å²) in [4.78, 5) is 26.1. The van der Waals surface area contributed by atoms with Crippen molar-refractivity contribution < 1.29 is 19.4 Å². The minimum absolute atomic E-state index is 0.184. The van der Waals surface area contributed by atoms with E-state index in [0.717, 1.165) is 22.2 Å². The van der Waals surface area contributed by atoms with Crippen LogP contribution in [0.15, 0.2) is 24.4 Å². The van der Waals surface area contributed by atoms with Gasteiger partial charge in [0.1, 0.15) is 5.75 Å². The quantitative estimate of drug-likeness (QED) is 0.760. The van der Waals surface area contributed by atoms with Crippen LogP contribution >= 0.6 is 0 Å². The molecule has 6 heteroatoms. The molecule has 22 heavy (non-hydrogen) atoms. The molecule has 118 valence electrons. The molecule has 0 radical (unpaired) electrons. The first kappa shape index (κ1) is 15.9. The van der Waals surface area contributed by atoms with Gasteiger partial charge in [0.2, 0.25) is 5.91 Å². The number of rotatable bonds is 6. The highest BCUT2D eigenvalue weighted by Crippen LogP contribution is 2.24. The number of hydrogen-bond donors (Lipinski definition) is 3. The van der Waals surface area contributed by atoms with E-state index in [1.807, 2.05) is 18.2 Å². The van der Waals surface area contributed by atoms with Gasteiger partial charge in [-0.2, -0.15) is 0 Å². The fourth-order valence-corrected chi connectivity index (χ4v) is 2.25. The van der Waals surface area contributed by atoms with Crippen LogP contribution in [0.1, 0.15) is 19.4 Å². The Morgan fingerprint density at radius 3 is 2.73 bits per heavy atom. The molecule has 2 unspecified atom stereocenters. The van der Waals surface area contributed by atoms with Crippen molar-refractivity contribution in [2.24, 2.45) is 5.92 Å². The van der Waals surface area contributed by atoms with Gasteiger partial charge in [-0.25, -0.2) is 0 Å². The molecule has 0 aliphatic heterocycles. The van der Waals surface area contributed by atoms with Crippen LogP contribution in [-0.2, 0) is 16.0 Å². The number of aromatic amines is 1. The Balaban J connectivity index is 2.10. The lowest BCUT2D eigenvalue weighted by Crippen LogP contribution is -2.40. The molecule has 0 saturated heterocycles. The monoisotopic (exact) mass is 304 g/mol. The zero-order valence-corrected chi connectivity index (χ0v) is 12.8. The van der Waals surface area contributed by atoms with E-state index in [4.69, 9.17) is 9.84 Å². The number of benzene rings is 1. The average Bonchev–Trinajstić information content (AvgIpc) is 2.88. The fourth-order valence-electron chi connectivity index (χ4n) is 2.25. The highest BCUT2D eigenvalue weighted by atomic mass is 16.5. The Kier molecular flexibility index (Phi) is 4.70. The van der Waals surface area contributed by atoms with Crippen molar-refractivity contribution in [2.75, 3.05) is 7.11 Å². The number of ether oxygens (including phenoxy) is 1. The van der Waals surface area contributed by atoms with E-state index in [-0.39, 0.29) is 12.3 Å². The second kappa shape index (κ2) is 6.51. The summed E-state index contributed by atoms with van der Waals surface area (Å²) in [6.45, 7) is 3.26. The van der Waals surface area contributed by atoms with Crippen LogP contribution < -0.4 is 10.1 Å². The Morgan fingerprint density at radius 1 is 1.36 bits per heavy atom. The van der Waals surface area contributed by atoms with Crippen LogP contribution in [0.2, 0.25) is 0 Å². The Labute approximate surface area is 128 Å². The predicted molar refractivity (Wildman–Crippen MR) is 83.0 cm³/mol. The Morgan fingerprint density at radius 2 is 2.09 bits per heavy atom. The molecule has 0 aliphatic rings. The summed E-state index contributed by atoms with van der Waals surface area (Å²) in [5.74, 6) is -1.04. The number of carboxylic acid groups (broad SMARTS) is 1. The zero-order valence-electron chi connectivity index (χ0n) is 12.8. The lowest BCUT2D eigenvalue weighted by molar-refractivity contribution is -0.142. The maximum atomic E-state index is 12.1. The number of methoxy groups -OCH3 is 1. The van der Waals surface area contributed by atoms with E-state index >= 15 is 0 Å². The van der Waals surface area contributed by atoms with Crippen LogP contribution in [0.3, 0.4) is 0 Å². The molecule has 0 aliphatic carbocycles. The topological polar surface area (TPSA) is 91.4 Å². The summed E-state index contributed by atoms with van der Waals surface area (Å²) in [5.41, 5.74) is 1.78. The highest BCUT2D eigenvalue weighted by molar-refractivity contribution is 5.90. The third kappa shape index (κ3) is 3.39. The van der Waals surface area contributed by atoms with Gasteiger partial charge in [-0.15, -0.1) is 0 Å². The third-order valence-electron chi connectivity index (χ3n) is 3.85. The number of H-pyrrole nitrogens is 1. The van der Waals surface area contributed by atoms with Gasteiger partial charge in [0.15, 0.2) is 0 Å². The van der Waals surface area contributed by atoms with Gasteiger partial charge in [-0.3, -0.25) is 9.59 Å². The maximum absolute atomic E-state index is 12.1. The molecule has 2 rings (SSSR count). The number of amides is 1. The van der Waals surface area contributed by atoms with Gasteiger partial charge in [-0.1, -0.05) is 0 Å². The standard InChI is InChI=1S/C16H20N2O4/c1-9(16(20)21)10(2)18-15(19)6-11-8-17-14-5-4-12(22-3)7-13(11)14/h4-5,7-10,17H,6H2,1-3H3,(H,18,19)(H,20,21). The number of carbonyl (C=O) groups is 2. The van der Waals surface area contributed by atoms with Crippen molar-refractivity contribution in [1.82, 2.24) is 10.3 Å². The molecule has 0 saturated carbocycles. The largest absolute Gasteiger partial charge is 0.497 e. The van der Waals surface area contributed by atoms with E-state index in [0.29, 0.717) is 0 Å². The van der Waals surface area contributed by atoms with Gasteiger partial charge in [0.25, 0.3) is 0 Å². The van der Waals surface area contributed by atoms with E-state index < -0.39 is 17.9 Å². The van der Waals surface area contributed by atoms with Crippen molar-refractivity contribution >= 4 is 22.8 Å². The van der Waals surface area contributed by atoms with Gasteiger partial charge in [0.05, 0.1) is 19.4 Å². The second-order valence-electron chi connectivity index (χ2n) is 5.39. The Bertz CT molecular complexity index is 693. The number of carbonyl (C=O) groups excluding carboxylic acids is 1. The SMILES string of the molecule is COc1ccc2[nH]cc(CC(=O)NC(C)C(C)C(=O)O)c2c1. The predicted octanol–water partition coefficient (Wildman–Crippen LogP) is 1.94. The first-order chi connectivity index (χ1) is 10.4. The Hall–Kier alpha value is -2.50. The first-order valence-corrected chi connectivity index (χ1v) is 7.08. The van der Waals surface area contributed by atoms with Gasteiger partial charge >= 0.3 is 5.97 Å². The minimum atomic E-state index is -0.926. The summed E-state index contributed by atoms with van der Waals surface area (Å²) in [6.07, 6.45) is 1.97. The highest BCUT2D eigenvalue weighted by Gasteiger charge is 2.21. The number of carboxylic acids is 1. The lowest BCUT2D eigenvalue weighted by atomic mass is 10.0. The maximum Gasteiger partial charge on any atom is 0.308 e. The van der Waals surface area contributed by atoms with E-state index in [1.54, 1.807) is 27.2 Å². The van der Waals surface area contributed by atoms with Crippen LogP contribution in [0, 0.1) is 5.92 Å². The molecular formula is C16H20N2O4. The molecule has 1 heterocycles. The third-order valence-corrected chi connectivity index (χ3v) is 3.85. The number of fused-ring (bicyclic) bond motifs is 1.